The van der Waals surface area contributed by atoms with Crippen LogP contribution in [-0.4, -0.2) is 39.2 Å². The number of carbonyl (C=O) groups excluding carboxylic acids is 1. The molecule has 0 spiro atoms. The summed E-state index contributed by atoms with van der Waals surface area (Å²) in [6.07, 6.45) is 0.811. The summed E-state index contributed by atoms with van der Waals surface area (Å²) in [6.45, 7) is 2.81. The number of hydrogen-bond acceptors (Lipinski definition) is 5. The van der Waals surface area contributed by atoms with Gasteiger partial charge in [0.2, 0.25) is 5.88 Å². The minimum absolute atomic E-state index is 0.116. The summed E-state index contributed by atoms with van der Waals surface area (Å²) in [6, 6.07) is 9.51. The van der Waals surface area contributed by atoms with Crippen LogP contribution in [0.5, 0.6) is 5.88 Å². The number of aromatic nitrogens is 2. The van der Waals surface area contributed by atoms with E-state index < -0.39 is 0 Å². The second-order valence-corrected chi connectivity index (χ2v) is 6.19. The zero-order valence-electron chi connectivity index (χ0n) is 14.1. The van der Waals surface area contributed by atoms with E-state index in [2.05, 4.69) is 9.97 Å². The molecule has 0 unspecified atom stereocenters. The predicted molar refractivity (Wildman–Crippen MR) is 91.4 cm³/mol. The molecule has 2 N–H and O–H groups in total. The topological polar surface area (TPSA) is 95.5 Å². The van der Waals surface area contributed by atoms with E-state index in [0.29, 0.717) is 37.3 Å². The average Bonchev–Trinajstić information content (AvgIpc) is 2.60. The van der Waals surface area contributed by atoms with Crippen molar-refractivity contribution >= 4 is 6.09 Å². The van der Waals surface area contributed by atoms with Gasteiger partial charge in [0.1, 0.15) is 12.4 Å². The number of likely N-dealkylation sites (tertiary alicyclic amines) is 1. The minimum Gasteiger partial charge on any atom is -0.493 e. The standard InChI is InChI=1S/C18H21N3O4/c1-12-19-16(22)15(17(23)20-12)14-7-9-21(10-8-14)18(24)25-11-13-5-3-2-4-6-13/h2-6,14H,7-11H2,1H3,(H2,19,20,22,23). The lowest BCUT2D eigenvalue weighted by Crippen LogP contribution is -2.39. The highest BCUT2D eigenvalue weighted by Gasteiger charge is 2.28. The largest absolute Gasteiger partial charge is 0.493 e. The van der Waals surface area contributed by atoms with Crippen molar-refractivity contribution in [1.82, 2.24) is 14.9 Å². The Morgan fingerprint density at radius 1 is 1.32 bits per heavy atom. The van der Waals surface area contributed by atoms with Gasteiger partial charge >= 0.3 is 6.09 Å². The van der Waals surface area contributed by atoms with E-state index in [0.717, 1.165) is 5.56 Å². The zero-order valence-corrected chi connectivity index (χ0v) is 14.1. The summed E-state index contributed by atoms with van der Waals surface area (Å²) in [5.74, 6) is 0.0505. The van der Waals surface area contributed by atoms with E-state index in [-0.39, 0.29) is 30.1 Å². The first-order valence-electron chi connectivity index (χ1n) is 8.30. The third kappa shape index (κ3) is 3.99. The van der Waals surface area contributed by atoms with Gasteiger partial charge in [-0.25, -0.2) is 9.78 Å². The Bertz CT molecular complexity index is 796. The molecule has 2 aromatic rings. The average molecular weight is 343 g/mol. The molecule has 25 heavy (non-hydrogen) atoms. The van der Waals surface area contributed by atoms with Crippen molar-refractivity contribution in [3.05, 3.63) is 57.6 Å². The fourth-order valence-electron chi connectivity index (χ4n) is 3.11. The molecule has 0 atom stereocenters. The van der Waals surface area contributed by atoms with Gasteiger partial charge in [-0.15, -0.1) is 0 Å². The van der Waals surface area contributed by atoms with Crippen LogP contribution in [0.1, 0.15) is 35.7 Å². The second kappa shape index (κ2) is 7.38. The fraction of sp³-hybridized carbons (Fsp3) is 0.389. The molecule has 0 radical (unpaired) electrons. The Hall–Kier alpha value is -2.83. The number of carbonyl (C=O) groups is 1. The number of nitrogens with zero attached hydrogens (tertiary/aromatic N) is 2. The molecule has 3 rings (SSSR count). The minimum atomic E-state index is -0.359. The highest BCUT2D eigenvalue weighted by atomic mass is 16.6. The molecular formula is C18H21N3O4. The van der Waals surface area contributed by atoms with Crippen LogP contribution in [0.2, 0.25) is 0 Å². The van der Waals surface area contributed by atoms with Crippen LogP contribution in [-0.2, 0) is 11.3 Å². The van der Waals surface area contributed by atoms with Gasteiger partial charge < -0.3 is 19.7 Å². The molecule has 0 aliphatic carbocycles. The van der Waals surface area contributed by atoms with E-state index in [9.17, 15) is 14.7 Å². The van der Waals surface area contributed by atoms with Gasteiger partial charge in [0.25, 0.3) is 5.56 Å². The molecule has 1 aromatic heterocycles. The van der Waals surface area contributed by atoms with Crippen molar-refractivity contribution in [2.24, 2.45) is 0 Å². The van der Waals surface area contributed by atoms with E-state index >= 15 is 0 Å². The van der Waals surface area contributed by atoms with Crippen molar-refractivity contribution in [2.75, 3.05) is 13.1 Å². The molecule has 1 fully saturated rings. The van der Waals surface area contributed by atoms with Crippen molar-refractivity contribution in [1.29, 1.82) is 0 Å². The number of aromatic amines is 1. The Labute approximate surface area is 145 Å². The second-order valence-electron chi connectivity index (χ2n) is 6.19. The number of amides is 1. The molecule has 1 saturated heterocycles. The molecule has 1 aliphatic rings. The number of rotatable bonds is 3. The van der Waals surface area contributed by atoms with Crippen LogP contribution >= 0.6 is 0 Å². The fourth-order valence-corrected chi connectivity index (χ4v) is 3.11. The maximum Gasteiger partial charge on any atom is 0.410 e. The van der Waals surface area contributed by atoms with Crippen molar-refractivity contribution in [3.63, 3.8) is 0 Å². The Balaban J connectivity index is 1.57. The molecule has 7 heteroatoms. The third-order valence-electron chi connectivity index (χ3n) is 4.42. The Kier molecular flexibility index (Phi) is 5.02. The number of H-pyrrole nitrogens is 1. The smallest absolute Gasteiger partial charge is 0.410 e. The lowest BCUT2D eigenvalue weighted by molar-refractivity contribution is 0.0868. The maximum absolute atomic E-state index is 12.2. The van der Waals surface area contributed by atoms with E-state index in [4.69, 9.17) is 4.74 Å². The quantitative estimate of drug-likeness (QED) is 0.891. The van der Waals surface area contributed by atoms with E-state index in [1.54, 1.807) is 11.8 Å². The number of hydrogen-bond donors (Lipinski definition) is 2. The molecule has 132 valence electrons. The lowest BCUT2D eigenvalue weighted by Gasteiger charge is -2.31. The maximum atomic E-state index is 12.2. The van der Waals surface area contributed by atoms with Gasteiger partial charge in [-0.3, -0.25) is 4.79 Å². The molecule has 7 nitrogen and oxygen atoms in total. The summed E-state index contributed by atoms with van der Waals surface area (Å²) >= 11 is 0. The molecule has 0 saturated carbocycles. The molecule has 1 aromatic carbocycles. The summed E-state index contributed by atoms with van der Waals surface area (Å²) in [4.78, 5) is 32.4. The van der Waals surface area contributed by atoms with Crippen LogP contribution in [0.4, 0.5) is 4.79 Å². The SMILES string of the molecule is Cc1nc(O)c(C2CCN(C(=O)OCc3ccccc3)CC2)c(=O)[nH]1. The summed E-state index contributed by atoms with van der Waals surface area (Å²) < 4.78 is 5.33. The van der Waals surface area contributed by atoms with Crippen molar-refractivity contribution in [3.8, 4) is 5.88 Å². The highest BCUT2D eigenvalue weighted by Crippen LogP contribution is 2.30. The van der Waals surface area contributed by atoms with Gasteiger partial charge in [-0.2, -0.15) is 0 Å². The molecule has 0 bridgehead atoms. The Morgan fingerprint density at radius 2 is 2.00 bits per heavy atom. The first-order chi connectivity index (χ1) is 12.0. The molecule has 1 amide bonds. The molecule has 1 aliphatic heterocycles. The third-order valence-corrected chi connectivity index (χ3v) is 4.42. The van der Waals surface area contributed by atoms with Gasteiger partial charge in [0, 0.05) is 13.1 Å². The van der Waals surface area contributed by atoms with Crippen LogP contribution < -0.4 is 5.56 Å². The molecular weight excluding hydrogens is 322 g/mol. The van der Waals surface area contributed by atoms with Crippen LogP contribution in [0, 0.1) is 6.92 Å². The lowest BCUT2D eigenvalue weighted by atomic mass is 9.91. The summed E-state index contributed by atoms with van der Waals surface area (Å²) in [7, 11) is 0. The van der Waals surface area contributed by atoms with E-state index in [1.807, 2.05) is 30.3 Å². The molecule has 2 heterocycles. The number of piperidine rings is 1. The summed E-state index contributed by atoms with van der Waals surface area (Å²) in [5.41, 5.74) is 0.936. The zero-order chi connectivity index (χ0) is 17.8. The van der Waals surface area contributed by atoms with E-state index in [1.165, 1.54) is 0 Å². The van der Waals surface area contributed by atoms with Crippen LogP contribution in [0.15, 0.2) is 35.1 Å². The van der Waals surface area contributed by atoms with Crippen LogP contribution in [0.25, 0.3) is 0 Å². The van der Waals surface area contributed by atoms with Crippen LogP contribution in [0.3, 0.4) is 0 Å². The van der Waals surface area contributed by atoms with Gasteiger partial charge in [0.05, 0.1) is 5.56 Å². The van der Waals surface area contributed by atoms with Crippen molar-refractivity contribution in [2.45, 2.75) is 32.3 Å². The summed E-state index contributed by atoms with van der Waals surface area (Å²) in [5, 5.41) is 9.97. The van der Waals surface area contributed by atoms with Gasteiger partial charge in [-0.1, -0.05) is 30.3 Å². The monoisotopic (exact) mass is 343 g/mol. The first kappa shape index (κ1) is 17.0. The number of aromatic hydroxyl groups is 1. The number of aryl methyl sites for hydroxylation is 1. The highest BCUT2D eigenvalue weighted by molar-refractivity contribution is 5.67. The Morgan fingerprint density at radius 3 is 2.64 bits per heavy atom. The number of nitrogens with one attached hydrogen (secondary N) is 1. The van der Waals surface area contributed by atoms with Gasteiger partial charge in [-0.05, 0) is 31.2 Å². The predicted octanol–water partition coefficient (Wildman–Crippen LogP) is 2.30. The van der Waals surface area contributed by atoms with Crippen molar-refractivity contribution < 1.29 is 14.6 Å². The van der Waals surface area contributed by atoms with Gasteiger partial charge in [0.15, 0.2) is 0 Å². The number of benzene rings is 1. The first-order valence-corrected chi connectivity index (χ1v) is 8.30. The number of ether oxygens (including phenoxy) is 1. The normalized spacial score (nSPS) is 15.2.